The summed E-state index contributed by atoms with van der Waals surface area (Å²) in [6, 6.07) is 0. The van der Waals surface area contributed by atoms with Crippen molar-refractivity contribution >= 4 is 29.1 Å². The molecule has 17 heavy (non-hydrogen) atoms. The van der Waals surface area contributed by atoms with Crippen LogP contribution in [0.25, 0.3) is 0 Å². The van der Waals surface area contributed by atoms with Crippen LogP contribution in [0.3, 0.4) is 0 Å². The van der Waals surface area contributed by atoms with Crippen molar-refractivity contribution in [2.75, 3.05) is 19.1 Å². The van der Waals surface area contributed by atoms with Gasteiger partial charge in [0, 0.05) is 0 Å². The summed E-state index contributed by atoms with van der Waals surface area (Å²) in [5.74, 6) is -1.72. The number of esters is 1. The van der Waals surface area contributed by atoms with Crippen LogP contribution in [0.4, 0.5) is 0 Å². The summed E-state index contributed by atoms with van der Waals surface area (Å²) < 4.78 is 4.68. The van der Waals surface area contributed by atoms with Gasteiger partial charge in [-0.3, -0.25) is 4.79 Å². The summed E-state index contributed by atoms with van der Waals surface area (Å²) in [6.07, 6.45) is 2.89. The standard InChI is InChI=1S/C11H18ClNO4/c1-3-5-6-7-17-13-10(9(14)8-12)11(15)16-4-2/h3-8H2,1-2H3/b13-10-. The Labute approximate surface area is 106 Å². The van der Waals surface area contributed by atoms with Gasteiger partial charge in [0.2, 0.25) is 11.5 Å². The maximum Gasteiger partial charge on any atom is 0.364 e. The Hall–Kier alpha value is -1.10. The van der Waals surface area contributed by atoms with Gasteiger partial charge >= 0.3 is 5.97 Å². The average molecular weight is 264 g/mol. The van der Waals surface area contributed by atoms with E-state index in [1.54, 1.807) is 6.92 Å². The molecule has 0 N–H and O–H groups in total. The highest BCUT2D eigenvalue weighted by Crippen LogP contribution is 1.97. The van der Waals surface area contributed by atoms with E-state index in [0.717, 1.165) is 19.3 Å². The first-order valence-corrected chi connectivity index (χ1v) is 6.17. The fourth-order valence-electron chi connectivity index (χ4n) is 0.992. The Morgan fingerprint density at radius 1 is 1.24 bits per heavy atom. The fourth-order valence-corrected chi connectivity index (χ4v) is 1.12. The number of Topliss-reactive ketones (excluding diaryl/α,β-unsaturated/α-hetero) is 1. The van der Waals surface area contributed by atoms with E-state index in [1.165, 1.54) is 0 Å². The van der Waals surface area contributed by atoms with Gasteiger partial charge in [0.05, 0.1) is 12.5 Å². The van der Waals surface area contributed by atoms with E-state index in [4.69, 9.17) is 16.4 Å². The number of rotatable bonds is 9. The highest BCUT2D eigenvalue weighted by molar-refractivity contribution is 6.67. The molecule has 0 aromatic rings. The number of ketones is 1. The molecule has 0 aliphatic rings. The first-order valence-electron chi connectivity index (χ1n) is 5.63. The van der Waals surface area contributed by atoms with Crippen LogP contribution in [0.1, 0.15) is 33.1 Å². The lowest BCUT2D eigenvalue weighted by atomic mass is 10.3. The number of hydrogen-bond acceptors (Lipinski definition) is 5. The topological polar surface area (TPSA) is 65.0 Å². The molecule has 0 aliphatic heterocycles. The first kappa shape index (κ1) is 15.9. The zero-order chi connectivity index (χ0) is 13.1. The monoisotopic (exact) mass is 263 g/mol. The van der Waals surface area contributed by atoms with Gasteiger partial charge in [0.25, 0.3) is 0 Å². The van der Waals surface area contributed by atoms with Crippen LogP contribution in [-0.2, 0) is 19.2 Å². The smallest absolute Gasteiger partial charge is 0.364 e. The summed E-state index contributed by atoms with van der Waals surface area (Å²) in [4.78, 5) is 27.6. The number of halogens is 1. The Balaban J connectivity index is 4.31. The van der Waals surface area contributed by atoms with E-state index < -0.39 is 11.8 Å². The number of ether oxygens (including phenoxy) is 1. The highest BCUT2D eigenvalue weighted by atomic mass is 35.5. The van der Waals surface area contributed by atoms with Gasteiger partial charge in [0.1, 0.15) is 6.61 Å². The molecule has 0 atom stereocenters. The Kier molecular flexibility index (Phi) is 9.43. The summed E-state index contributed by atoms with van der Waals surface area (Å²) in [5, 5.41) is 3.49. The molecule has 0 saturated heterocycles. The third kappa shape index (κ3) is 6.94. The van der Waals surface area contributed by atoms with Gasteiger partial charge in [-0.25, -0.2) is 4.79 Å². The second-order valence-corrected chi connectivity index (χ2v) is 3.52. The highest BCUT2D eigenvalue weighted by Gasteiger charge is 2.21. The van der Waals surface area contributed by atoms with Crippen molar-refractivity contribution < 1.29 is 19.2 Å². The molecule has 0 aromatic carbocycles. The molecular formula is C11H18ClNO4. The SMILES string of the molecule is CCCCCO/N=C(/C(=O)CCl)C(=O)OCC. The van der Waals surface area contributed by atoms with Crippen molar-refractivity contribution in [3.05, 3.63) is 0 Å². The third-order valence-electron chi connectivity index (χ3n) is 1.85. The minimum Gasteiger partial charge on any atom is -0.461 e. The van der Waals surface area contributed by atoms with Crippen LogP contribution in [0, 0.1) is 0 Å². The molecule has 6 heteroatoms. The molecule has 0 aromatic heterocycles. The van der Waals surface area contributed by atoms with Crippen molar-refractivity contribution in [1.82, 2.24) is 0 Å². The maximum absolute atomic E-state index is 11.4. The molecule has 0 spiro atoms. The largest absolute Gasteiger partial charge is 0.461 e. The zero-order valence-electron chi connectivity index (χ0n) is 10.2. The molecule has 0 aliphatic carbocycles. The van der Waals surface area contributed by atoms with Gasteiger partial charge in [-0.2, -0.15) is 0 Å². The molecule has 0 heterocycles. The summed E-state index contributed by atoms with van der Waals surface area (Å²) in [7, 11) is 0. The van der Waals surface area contributed by atoms with Gasteiger partial charge in [-0.1, -0.05) is 24.9 Å². The lowest BCUT2D eigenvalue weighted by molar-refractivity contribution is -0.135. The molecule has 98 valence electrons. The maximum atomic E-state index is 11.4. The lowest BCUT2D eigenvalue weighted by Crippen LogP contribution is -2.27. The van der Waals surface area contributed by atoms with E-state index in [1.807, 2.05) is 0 Å². The Morgan fingerprint density at radius 2 is 1.94 bits per heavy atom. The van der Waals surface area contributed by atoms with Gasteiger partial charge in [-0.15, -0.1) is 11.6 Å². The van der Waals surface area contributed by atoms with Crippen molar-refractivity contribution in [3.8, 4) is 0 Å². The van der Waals surface area contributed by atoms with Crippen LogP contribution in [0.15, 0.2) is 5.16 Å². The summed E-state index contributed by atoms with van der Waals surface area (Å²) in [5.41, 5.74) is -0.377. The average Bonchev–Trinajstić information content (AvgIpc) is 2.33. The van der Waals surface area contributed by atoms with E-state index >= 15 is 0 Å². The number of unbranched alkanes of at least 4 members (excludes halogenated alkanes) is 2. The minimum absolute atomic E-state index is 0.170. The molecular weight excluding hydrogens is 246 g/mol. The predicted molar refractivity (Wildman–Crippen MR) is 65.3 cm³/mol. The van der Waals surface area contributed by atoms with Gasteiger partial charge in [0.15, 0.2) is 0 Å². The number of carbonyl (C=O) groups is 2. The van der Waals surface area contributed by atoms with Crippen molar-refractivity contribution in [2.45, 2.75) is 33.1 Å². The van der Waals surface area contributed by atoms with Crippen LogP contribution in [0.5, 0.6) is 0 Å². The normalized spacial score (nSPS) is 11.1. The van der Waals surface area contributed by atoms with E-state index in [2.05, 4.69) is 16.8 Å². The Bertz CT molecular complexity index is 279. The van der Waals surface area contributed by atoms with Gasteiger partial charge in [-0.05, 0) is 13.3 Å². The number of oxime groups is 1. The molecule has 0 saturated carbocycles. The molecule has 0 radical (unpaired) electrons. The lowest BCUT2D eigenvalue weighted by Gasteiger charge is -2.03. The molecule has 0 amide bonds. The predicted octanol–water partition coefficient (Wildman–Crippen LogP) is 1.92. The number of nitrogens with zero attached hydrogens (tertiary/aromatic N) is 1. The summed E-state index contributed by atoms with van der Waals surface area (Å²) in [6.45, 7) is 4.24. The van der Waals surface area contributed by atoms with E-state index in [0.29, 0.717) is 6.61 Å². The van der Waals surface area contributed by atoms with Crippen molar-refractivity contribution in [3.63, 3.8) is 0 Å². The molecule has 0 fully saturated rings. The van der Waals surface area contributed by atoms with E-state index in [9.17, 15) is 9.59 Å². The summed E-state index contributed by atoms with van der Waals surface area (Å²) >= 11 is 5.36. The van der Waals surface area contributed by atoms with Gasteiger partial charge < -0.3 is 9.57 Å². The van der Waals surface area contributed by atoms with E-state index in [-0.39, 0.29) is 18.2 Å². The number of alkyl halides is 1. The number of carbonyl (C=O) groups excluding carboxylic acids is 2. The first-order chi connectivity index (χ1) is 8.17. The molecule has 5 nitrogen and oxygen atoms in total. The van der Waals surface area contributed by atoms with Crippen LogP contribution in [-0.4, -0.2) is 36.6 Å². The van der Waals surface area contributed by atoms with Crippen LogP contribution >= 0.6 is 11.6 Å². The van der Waals surface area contributed by atoms with Crippen molar-refractivity contribution in [1.29, 1.82) is 0 Å². The van der Waals surface area contributed by atoms with Crippen LogP contribution in [0.2, 0.25) is 0 Å². The fraction of sp³-hybridized carbons (Fsp3) is 0.727. The van der Waals surface area contributed by atoms with Crippen LogP contribution < -0.4 is 0 Å². The second kappa shape index (κ2) is 10.1. The zero-order valence-corrected chi connectivity index (χ0v) is 11.0. The van der Waals surface area contributed by atoms with Crippen molar-refractivity contribution in [2.24, 2.45) is 5.16 Å². The third-order valence-corrected chi connectivity index (χ3v) is 2.09. The number of hydrogen-bond donors (Lipinski definition) is 0. The Morgan fingerprint density at radius 3 is 2.47 bits per heavy atom. The molecule has 0 unspecified atom stereocenters. The quantitative estimate of drug-likeness (QED) is 0.159. The molecule has 0 bridgehead atoms. The molecule has 0 rings (SSSR count). The minimum atomic E-state index is -0.798. The second-order valence-electron chi connectivity index (χ2n) is 3.26.